The number of likely N-dealkylation sites (N-methyl/N-ethyl adjacent to an activating group) is 1. The van der Waals surface area contributed by atoms with E-state index in [9.17, 15) is 4.79 Å². The molecule has 0 heterocycles. The summed E-state index contributed by atoms with van der Waals surface area (Å²) in [7, 11) is 0. The molecule has 0 aliphatic carbocycles. The van der Waals surface area contributed by atoms with Crippen LogP contribution in [0.3, 0.4) is 0 Å². The second-order valence-electron chi connectivity index (χ2n) is 4.44. The minimum absolute atomic E-state index is 0.0890. The van der Waals surface area contributed by atoms with Gasteiger partial charge in [0.1, 0.15) is 0 Å². The Kier molecular flexibility index (Phi) is 5.71. The molecule has 3 heteroatoms. The van der Waals surface area contributed by atoms with Gasteiger partial charge >= 0.3 is 0 Å². The Morgan fingerprint density at radius 2 is 1.92 bits per heavy atom. The Hall–Kier alpha value is -0.570. The highest BCUT2D eigenvalue weighted by Gasteiger charge is 2.09. The van der Waals surface area contributed by atoms with Crippen molar-refractivity contribution in [3.8, 4) is 0 Å². The van der Waals surface area contributed by atoms with Gasteiger partial charge < -0.3 is 10.6 Å². The van der Waals surface area contributed by atoms with E-state index in [4.69, 9.17) is 0 Å². The standard InChI is InChI=1S/C10H22N2O/c1-5-11-8-9(13)12-7-6-10(2,3)4/h11H,5-8H2,1-4H3,(H,12,13). The molecule has 3 nitrogen and oxygen atoms in total. The summed E-state index contributed by atoms with van der Waals surface area (Å²) in [6.45, 7) is 10.5. The SMILES string of the molecule is CCNCC(=O)NCCC(C)(C)C. The molecule has 0 saturated carbocycles. The number of hydrogen-bond acceptors (Lipinski definition) is 2. The monoisotopic (exact) mass is 186 g/mol. The predicted molar refractivity (Wildman–Crippen MR) is 55.6 cm³/mol. The summed E-state index contributed by atoms with van der Waals surface area (Å²) in [5, 5.41) is 5.86. The molecule has 0 fully saturated rings. The summed E-state index contributed by atoms with van der Waals surface area (Å²) in [6, 6.07) is 0. The maximum Gasteiger partial charge on any atom is 0.233 e. The molecule has 0 aliphatic heterocycles. The van der Waals surface area contributed by atoms with Gasteiger partial charge in [0.15, 0.2) is 0 Å². The molecule has 0 saturated heterocycles. The maximum atomic E-state index is 11.1. The highest BCUT2D eigenvalue weighted by atomic mass is 16.1. The molecule has 0 bridgehead atoms. The van der Waals surface area contributed by atoms with Crippen LogP contribution in [-0.4, -0.2) is 25.5 Å². The van der Waals surface area contributed by atoms with Crippen molar-refractivity contribution in [3.63, 3.8) is 0 Å². The van der Waals surface area contributed by atoms with Gasteiger partial charge in [0.2, 0.25) is 5.91 Å². The first kappa shape index (κ1) is 12.4. The predicted octanol–water partition coefficient (Wildman–Crippen LogP) is 1.15. The first-order valence-electron chi connectivity index (χ1n) is 4.93. The van der Waals surface area contributed by atoms with E-state index in [0.29, 0.717) is 12.0 Å². The van der Waals surface area contributed by atoms with E-state index < -0.39 is 0 Å². The van der Waals surface area contributed by atoms with Crippen LogP contribution >= 0.6 is 0 Å². The quantitative estimate of drug-likeness (QED) is 0.676. The van der Waals surface area contributed by atoms with Gasteiger partial charge in [-0.2, -0.15) is 0 Å². The number of hydrogen-bond donors (Lipinski definition) is 2. The van der Waals surface area contributed by atoms with Gasteiger partial charge in [-0.05, 0) is 18.4 Å². The number of rotatable bonds is 5. The first-order chi connectivity index (χ1) is 5.95. The molecule has 0 rings (SSSR count). The molecule has 2 N–H and O–H groups in total. The average Bonchev–Trinajstić information content (AvgIpc) is 1.98. The van der Waals surface area contributed by atoms with E-state index in [0.717, 1.165) is 19.5 Å². The summed E-state index contributed by atoms with van der Waals surface area (Å²) in [4.78, 5) is 11.1. The lowest BCUT2D eigenvalue weighted by Crippen LogP contribution is -2.35. The van der Waals surface area contributed by atoms with Crippen molar-refractivity contribution < 1.29 is 4.79 Å². The number of carbonyl (C=O) groups is 1. The Bertz CT molecular complexity index is 149. The Morgan fingerprint density at radius 3 is 2.38 bits per heavy atom. The van der Waals surface area contributed by atoms with Crippen molar-refractivity contribution >= 4 is 5.91 Å². The second kappa shape index (κ2) is 5.97. The van der Waals surface area contributed by atoms with Crippen molar-refractivity contribution in [2.75, 3.05) is 19.6 Å². The Labute approximate surface area is 81.3 Å². The molecule has 0 aromatic heterocycles. The molecule has 13 heavy (non-hydrogen) atoms. The average molecular weight is 186 g/mol. The first-order valence-corrected chi connectivity index (χ1v) is 4.93. The Balaban J connectivity index is 3.37. The molecule has 0 atom stereocenters. The van der Waals surface area contributed by atoms with Gasteiger partial charge in [-0.1, -0.05) is 27.7 Å². The third-order valence-corrected chi connectivity index (χ3v) is 1.73. The number of amides is 1. The van der Waals surface area contributed by atoms with Gasteiger partial charge in [-0.15, -0.1) is 0 Å². The van der Waals surface area contributed by atoms with Crippen LogP contribution in [-0.2, 0) is 4.79 Å². The molecule has 78 valence electrons. The fraction of sp³-hybridized carbons (Fsp3) is 0.900. The lowest BCUT2D eigenvalue weighted by atomic mass is 9.92. The van der Waals surface area contributed by atoms with Crippen molar-refractivity contribution in [2.45, 2.75) is 34.1 Å². The van der Waals surface area contributed by atoms with E-state index in [1.807, 2.05) is 6.92 Å². The van der Waals surface area contributed by atoms with Crippen LogP contribution in [0.4, 0.5) is 0 Å². The van der Waals surface area contributed by atoms with Gasteiger partial charge in [-0.3, -0.25) is 4.79 Å². The summed E-state index contributed by atoms with van der Waals surface area (Å²) in [5.41, 5.74) is 0.297. The number of carbonyl (C=O) groups excluding carboxylic acids is 1. The third-order valence-electron chi connectivity index (χ3n) is 1.73. The molecular formula is C10H22N2O. The molecule has 0 unspecified atom stereocenters. The highest BCUT2D eigenvalue weighted by molar-refractivity contribution is 5.77. The van der Waals surface area contributed by atoms with Gasteiger partial charge in [0.25, 0.3) is 0 Å². The molecule has 0 radical (unpaired) electrons. The maximum absolute atomic E-state index is 11.1. The van der Waals surface area contributed by atoms with Gasteiger partial charge in [-0.25, -0.2) is 0 Å². The zero-order valence-corrected chi connectivity index (χ0v) is 9.24. The van der Waals surface area contributed by atoms with Crippen LogP contribution in [0.15, 0.2) is 0 Å². The van der Waals surface area contributed by atoms with Gasteiger partial charge in [0, 0.05) is 6.54 Å². The minimum atomic E-state index is 0.0890. The summed E-state index contributed by atoms with van der Waals surface area (Å²) in [5.74, 6) is 0.0890. The molecule has 0 aromatic rings. The van der Waals surface area contributed by atoms with Gasteiger partial charge in [0.05, 0.1) is 6.54 Å². The van der Waals surface area contributed by atoms with Crippen LogP contribution in [0.1, 0.15) is 34.1 Å². The second-order valence-corrected chi connectivity index (χ2v) is 4.44. The van der Waals surface area contributed by atoms with Crippen molar-refractivity contribution in [1.29, 1.82) is 0 Å². The lowest BCUT2D eigenvalue weighted by molar-refractivity contribution is -0.120. The summed E-state index contributed by atoms with van der Waals surface area (Å²) in [6.07, 6.45) is 1.02. The van der Waals surface area contributed by atoms with E-state index in [2.05, 4.69) is 31.4 Å². The van der Waals surface area contributed by atoms with Crippen LogP contribution in [0, 0.1) is 5.41 Å². The van der Waals surface area contributed by atoms with Crippen LogP contribution in [0.25, 0.3) is 0 Å². The van der Waals surface area contributed by atoms with E-state index in [1.165, 1.54) is 0 Å². The van der Waals surface area contributed by atoms with Crippen LogP contribution in [0.2, 0.25) is 0 Å². The fourth-order valence-corrected chi connectivity index (χ4v) is 0.878. The zero-order valence-electron chi connectivity index (χ0n) is 9.24. The normalized spacial score (nSPS) is 11.4. The molecule has 1 amide bonds. The fourth-order valence-electron chi connectivity index (χ4n) is 0.878. The van der Waals surface area contributed by atoms with Crippen molar-refractivity contribution in [1.82, 2.24) is 10.6 Å². The topological polar surface area (TPSA) is 41.1 Å². The molecule has 0 spiro atoms. The summed E-state index contributed by atoms with van der Waals surface area (Å²) < 4.78 is 0. The minimum Gasteiger partial charge on any atom is -0.355 e. The smallest absolute Gasteiger partial charge is 0.233 e. The zero-order chi connectivity index (χ0) is 10.3. The lowest BCUT2D eigenvalue weighted by Gasteiger charge is -2.17. The Morgan fingerprint density at radius 1 is 1.31 bits per heavy atom. The summed E-state index contributed by atoms with van der Waals surface area (Å²) >= 11 is 0. The van der Waals surface area contributed by atoms with E-state index in [-0.39, 0.29) is 5.91 Å². The van der Waals surface area contributed by atoms with E-state index >= 15 is 0 Å². The molecule has 0 aromatic carbocycles. The van der Waals surface area contributed by atoms with Crippen LogP contribution < -0.4 is 10.6 Å². The third kappa shape index (κ3) is 9.34. The highest BCUT2D eigenvalue weighted by Crippen LogP contribution is 2.16. The number of nitrogens with one attached hydrogen (secondary N) is 2. The largest absolute Gasteiger partial charge is 0.355 e. The molecular weight excluding hydrogens is 164 g/mol. The van der Waals surface area contributed by atoms with Crippen LogP contribution in [0.5, 0.6) is 0 Å². The van der Waals surface area contributed by atoms with Crippen molar-refractivity contribution in [3.05, 3.63) is 0 Å². The van der Waals surface area contributed by atoms with Crippen molar-refractivity contribution in [2.24, 2.45) is 5.41 Å². The van der Waals surface area contributed by atoms with E-state index in [1.54, 1.807) is 0 Å². The molecule has 0 aliphatic rings.